The Morgan fingerprint density at radius 3 is 2.10 bits per heavy atom. The molecule has 1 aliphatic rings. The summed E-state index contributed by atoms with van der Waals surface area (Å²) in [5.41, 5.74) is 1.08. The van der Waals surface area contributed by atoms with E-state index in [1.165, 1.54) is 0 Å². The quantitative estimate of drug-likeness (QED) is 0.793. The Bertz CT molecular complexity index is 436. The SMILES string of the molecule is CCCN(Cc1c(OC)cc(OC)cc1OC)C1CNC1. The third-order valence-electron chi connectivity index (χ3n) is 3.97. The van der Waals surface area contributed by atoms with Crippen molar-refractivity contribution in [3.63, 3.8) is 0 Å². The zero-order valence-corrected chi connectivity index (χ0v) is 13.4. The second kappa shape index (κ2) is 7.52. The number of rotatable bonds is 8. The van der Waals surface area contributed by atoms with Crippen molar-refractivity contribution < 1.29 is 14.2 Å². The lowest BCUT2D eigenvalue weighted by atomic mass is 10.1. The first-order valence-electron chi connectivity index (χ1n) is 7.47. The molecule has 0 saturated carbocycles. The van der Waals surface area contributed by atoms with Crippen molar-refractivity contribution in [3.8, 4) is 17.2 Å². The minimum atomic E-state index is 0.599. The zero-order valence-electron chi connectivity index (χ0n) is 13.4. The fourth-order valence-corrected chi connectivity index (χ4v) is 2.65. The molecule has 1 N–H and O–H groups in total. The van der Waals surface area contributed by atoms with Crippen LogP contribution in [0.5, 0.6) is 17.2 Å². The van der Waals surface area contributed by atoms with Crippen LogP contribution in [0.2, 0.25) is 0 Å². The predicted molar refractivity (Wildman–Crippen MR) is 83.5 cm³/mol. The van der Waals surface area contributed by atoms with Crippen molar-refractivity contribution in [2.45, 2.75) is 25.9 Å². The summed E-state index contributed by atoms with van der Waals surface area (Å²) in [5.74, 6) is 2.39. The van der Waals surface area contributed by atoms with Crippen LogP contribution in [0.15, 0.2) is 12.1 Å². The van der Waals surface area contributed by atoms with E-state index in [0.29, 0.717) is 6.04 Å². The molecular formula is C16H26N2O3. The highest BCUT2D eigenvalue weighted by molar-refractivity contribution is 5.50. The second-order valence-electron chi connectivity index (χ2n) is 5.29. The average Bonchev–Trinajstić information content (AvgIpc) is 2.45. The Labute approximate surface area is 127 Å². The molecule has 1 aromatic carbocycles. The van der Waals surface area contributed by atoms with Gasteiger partial charge in [-0.15, -0.1) is 0 Å². The van der Waals surface area contributed by atoms with E-state index in [2.05, 4.69) is 17.1 Å². The van der Waals surface area contributed by atoms with Crippen molar-refractivity contribution in [1.82, 2.24) is 10.2 Å². The van der Waals surface area contributed by atoms with Crippen LogP contribution in [0.1, 0.15) is 18.9 Å². The van der Waals surface area contributed by atoms with Crippen molar-refractivity contribution in [2.24, 2.45) is 0 Å². The third kappa shape index (κ3) is 3.60. The molecule has 0 spiro atoms. The molecule has 5 nitrogen and oxygen atoms in total. The van der Waals surface area contributed by atoms with Crippen LogP contribution in [0.4, 0.5) is 0 Å². The Morgan fingerprint density at radius 1 is 1.10 bits per heavy atom. The van der Waals surface area contributed by atoms with Gasteiger partial charge in [-0.1, -0.05) is 6.92 Å². The molecule has 0 aromatic heterocycles. The highest BCUT2D eigenvalue weighted by Crippen LogP contribution is 2.35. The fourth-order valence-electron chi connectivity index (χ4n) is 2.65. The lowest BCUT2D eigenvalue weighted by Gasteiger charge is -2.38. The number of hydrogen-bond acceptors (Lipinski definition) is 5. The van der Waals surface area contributed by atoms with Gasteiger partial charge in [0.05, 0.1) is 26.9 Å². The number of nitrogens with one attached hydrogen (secondary N) is 1. The molecule has 1 heterocycles. The summed E-state index contributed by atoms with van der Waals surface area (Å²) in [5, 5.41) is 3.34. The van der Waals surface area contributed by atoms with Crippen molar-refractivity contribution in [1.29, 1.82) is 0 Å². The van der Waals surface area contributed by atoms with Gasteiger partial charge in [0.25, 0.3) is 0 Å². The summed E-state index contributed by atoms with van der Waals surface area (Å²) < 4.78 is 16.4. The average molecular weight is 294 g/mol. The van der Waals surface area contributed by atoms with Gasteiger partial charge in [-0.25, -0.2) is 0 Å². The maximum atomic E-state index is 5.54. The van der Waals surface area contributed by atoms with Gasteiger partial charge >= 0.3 is 0 Å². The second-order valence-corrected chi connectivity index (χ2v) is 5.29. The van der Waals surface area contributed by atoms with Crippen molar-refractivity contribution in [3.05, 3.63) is 17.7 Å². The summed E-state index contributed by atoms with van der Waals surface area (Å²) in [7, 11) is 5.02. The van der Waals surface area contributed by atoms with Crippen molar-refractivity contribution in [2.75, 3.05) is 41.0 Å². The molecular weight excluding hydrogens is 268 g/mol. The molecule has 1 aromatic rings. The smallest absolute Gasteiger partial charge is 0.130 e. The fraction of sp³-hybridized carbons (Fsp3) is 0.625. The number of nitrogens with zero attached hydrogens (tertiary/aromatic N) is 1. The minimum absolute atomic E-state index is 0.599. The van der Waals surface area contributed by atoms with Gasteiger partial charge < -0.3 is 19.5 Å². The van der Waals surface area contributed by atoms with E-state index in [0.717, 1.165) is 55.4 Å². The van der Waals surface area contributed by atoms with Gasteiger partial charge in [0.1, 0.15) is 17.2 Å². The van der Waals surface area contributed by atoms with Gasteiger partial charge in [0.2, 0.25) is 0 Å². The monoisotopic (exact) mass is 294 g/mol. The molecule has 1 aliphatic heterocycles. The molecule has 5 heteroatoms. The molecule has 2 rings (SSSR count). The van der Waals surface area contributed by atoms with Gasteiger partial charge in [0.15, 0.2) is 0 Å². The predicted octanol–water partition coefficient (Wildman–Crippen LogP) is 1.90. The van der Waals surface area contributed by atoms with Gasteiger partial charge in [0, 0.05) is 37.8 Å². The summed E-state index contributed by atoms with van der Waals surface area (Å²) in [6, 6.07) is 4.43. The minimum Gasteiger partial charge on any atom is -0.496 e. The Kier molecular flexibility index (Phi) is 5.70. The first kappa shape index (κ1) is 15.9. The van der Waals surface area contributed by atoms with Crippen LogP contribution in [0.25, 0.3) is 0 Å². The van der Waals surface area contributed by atoms with Gasteiger partial charge in [-0.3, -0.25) is 4.90 Å². The molecule has 1 fully saturated rings. The number of hydrogen-bond donors (Lipinski definition) is 1. The molecule has 1 saturated heterocycles. The standard InChI is InChI=1S/C16H26N2O3/c1-5-6-18(12-9-17-10-12)11-14-15(20-3)7-13(19-2)8-16(14)21-4/h7-8,12,17H,5-6,9-11H2,1-4H3. The first-order chi connectivity index (χ1) is 10.2. The third-order valence-corrected chi connectivity index (χ3v) is 3.97. The molecule has 118 valence electrons. The van der Waals surface area contributed by atoms with Crippen LogP contribution in [-0.2, 0) is 6.54 Å². The zero-order chi connectivity index (χ0) is 15.2. The normalized spacial score (nSPS) is 14.9. The molecule has 0 unspecified atom stereocenters. The Hall–Kier alpha value is -1.46. The summed E-state index contributed by atoms with van der Waals surface area (Å²) >= 11 is 0. The molecule has 21 heavy (non-hydrogen) atoms. The summed E-state index contributed by atoms with van der Waals surface area (Å²) in [4.78, 5) is 2.49. The van der Waals surface area contributed by atoms with Crippen LogP contribution >= 0.6 is 0 Å². The van der Waals surface area contributed by atoms with E-state index in [9.17, 15) is 0 Å². The van der Waals surface area contributed by atoms with E-state index >= 15 is 0 Å². The first-order valence-corrected chi connectivity index (χ1v) is 7.47. The van der Waals surface area contributed by atoms with Crippen LogP contribution in [0, 0.1) is 0 Å². The Morgan fingerprint density at radius 2 is 1.71 bits per heavy atom. The van der Waals surface area contributed by atoms with Gasteiger partial charge in [-0.05, 0) is 13.0 Å². The van der Waals surface area contributed by atoms with E-state index < -0.39 is 0 Å². The van der Waals surface area contributed by atoms with Crippen LogP contribution < -0.4 is 19.5 Å². The Balaban J connectivity index is 2.27. The number of benzene rings is 1. The molecule has 0 atom stereocenters. The summed E-state index contributed by atoms with van der Waals surface area (Å²) in [6.45, 7) is 6.23. The van der Waals surface area contributed by atoms with E-state index in [1.807, 2.05) is 12.1 Å². The highest BCUT2D eigenvalue weighted by Gasteiger charge is 2.26. The number of methoxy groups -OCH3 is 3. The summed E-state index contributed by atoms with van der Waals surface area (Å²) in [6.07, 6.45) is 1.14. The van der Waals surface area contributed by atoms with Crippen LogP contribution in [0.3, 0.4) is 0 Å². The van der Waals surface area contributed by atoms with E-state index in [4.69, 9.17) is 14.2 Å². The van der Waals surface area contributed by atoms with Crippen LogP contribution in [-0.4, -0.2) is 51.9 Å². The molecule has 0 radical (unpaired) electrons. The highest BCUT2D eigenvalue weighted by atomic mass is 16.5. The topological polar surface area (TPSA) is 43.0 Å². The number of ether oxygens (including phenoxy) is 3. The van der Waals surface area contributed by atoms with Gasteiger partial charge in [-0.2, -0.15) is 0 Å². The van der Waals surface area contributed by atoms with Crippen molar-refractivity contribution >= 4 is 0 Å². The lowest BCUT2D eigenvalue weighted by molar-refractivity contribution is 0.135. The van der Waals surface area contributed by atoms with E-state index in [-0.39, 0.29) is 0 Å². The van der Waals surface area contributed by atoms with E-state index in [1.54, 1.807) is 21.3 Å². The molecule has 0 aliphatic carbocycles. The molecule has 0 bridgehead atoms. The maximum absolute atomic E-state index is 5.54. The largest absolute Gasteiger partial charge is 0.496 e. The lowest BCUT2D eigenvalue weighted by Crippen LogP contribution is -2.57. The molecule has 0 amide bonds. The maximum Gasteiger partial charge on any atom is 0.130 e.